The predicted molar refractivity (Wildman–Crippen MR) is 616 cm³/mol. The van der Waals surface area contributed by atoms with Crippen LogP contribution in [0.3, 0.4) is 0 Å². The molecule has 8 aromatic heterocycles. The fraction of sp³-hybridized carbons (Fsp3) is 0. The molecule has 0 saturated carbocycles. The van der Waals surface area contributed by atoms with Gasteiger partial charge in [-0.05, 0) is 226 Å². The second kappa shape index (κ2) is 36.2. The van der Waals surface area contributed by atoms with Crippen LogP contribution in [0.5, 0.6) is 0 Å². The lowest BCUT2D eigenvalue weighted by molar-refractivity contribution is 1.06. The molecule has 12 nitrogen and oxygen atoms in total. The predicted octanol–water partition coefficient (Wildman–Crippen LogP) is 32.3. The Morgan fingerprint density at radius 2 is 0.358 bits per heavy atom. The van der Waals surface area contributed by atoms with E-state index in [4.69, 9.17) is 0 Å². The van der Waals surface area contributed by atoms with Crippen LogP contribution in [0, 0.1) is 0 Å². The van der Waals surface area contributed by atoms with Crippen molar-refractivity contribution in [2.24, 2.45) is 0 Å². The smallest absolute Gasteiger partial charge is 0.265 e. The minimum absolute atomic E-state index is 0.00136. The second-order valence-corrected chi connectivity index (χ2v) is 37.5. The van der Waals surface area contributed by atoms with Gasteiger partial charge in [-0.25, -0.2) is 0 Å². The number of benzene rings is 22. The van der Waals surface area contributed by atoms with Crippen LogP contribution in [0.4, 0.5) is 0 Å². The van der Waals surface area contributed by atoms with Crippen molar-refractivity contribution >= 4 is 174 Å². The Kier molecular flexibility index (Phi) is 21.2. The molecule has 22 aromatic carbocycles. The third kappa shape index (κ3) is 14.4. The molecule has 0 aliphatic heterocycles. The van der Waals surface area contributed by atoms with Crippen LogP contribution in [0.15, 0.2) is 553 Å². The molecular weight excluding hydrogens is 1810 g/mol. The van der Waals surface area contributed by atoms with Gasteiger partial charge in [-0.1, -0.05) is 352 Å². The average Bonchev–Trinajstić information content (AvgIpc) is 1.53. The number of aromatic nitrogens is 8. The second-order valence-electron chi connectivity index (χ2n) is 37.5. The molecule has 0 bridgehead atoms. The molecule has 8 heterocycles. The summed E-state index contributed by atoms with van der Waals surface area (Å²) in [6.07, 6.45) is 0. The molecule has 0 saturated heterocycles. The molecular formula is C136H88N8O4. The Balaban J connectivity index is 0.0000000983. The number of rotatable bonds is 10. The summed E-state index contributed by atoms with van der Waals surface area (Å²) in [5.41, 5.74) is 24.2. The Bertz CT molecular complexity index is 10700. The lowest BCUT2D eigenvalue weighted by Crippen LogP contribution is -2.20. The molecule has 0 atom stereocenters. The van der Waals surface area contributed by atoms with Gasteiger partial charge in [-0.15, -0.1) is 0 Å². The van der Waals surface area contributed by atoms with Gasteiger partial charge in [0.15, 0.2) is 0 Å². The summed E-state index contributed by atoms with van der Waals surface area (Å²) >= 11 is 0. The van der Waals surface area contributed by atoms with Gasteiger partial charge in [0.25, 0.3) is 22.2 Å². The topological polar surface area (TPSA) is 108 Å². The summed E-state index contributed by atoms with van der Waals surface area (Å²) in [6.45, 7) is 0. The number of hydrogen-bond donors (Lipinski definition) is 0. The first-order chi connectivity index (χ1) is 73.2. The van der Waals surface area contributed by atoms with Gasteiger partial charge in [-0.2, -0.15) is 0 Å². The summed E-state index contributed by atoms with van der Waals surface area (Å²) in [5.74, 6) is 0. The Morgan fingerprint density at radius 1 is 0.108 bits per heavy atom. The number of para-hydroxylation sites is 14. The first kappa shape index (κ1) is 87.0. The van der Waals surface area contributed by atoms with Crippen LogP contribution >= 0.6 is 0 Å². The summed E-state index contributed by atoms with van der Waals surface area (Å²) in [7, 11) is 0. The quantitative estimate of drug-likeness (QED) is 0.127. The van der Waals surface area contributed by atoms with Gasteiger partial charge in [-0.3, -0.25) is 37.4 Å². The normalized spacial score (nSPS) is 11.6. The number of nitrogens with zero attached hydrogens (tertiary/aromatic N) is 8. The number of pyridine rings is 4. The maximum Gasteiger partial charge on any atom is 0.265 e. The zero-order valence-corrected chi connectivity index (χ0v) is 80.0. The van der Waals surface area contributed by atoms with E-state index in [0.29, 0.717) is 5.39 Å². The van der Waals surface area contributed by atoms with Crippen LogP contribution in [0.2, 0.25) is 0 Å². The van der Waals surface area contributed by atoms with Crippen LogP contribution in [0.1, 0.15) is 0 Å². The van der Waals surface area contributed by atoms with Gasteiger partial charge in [0, 0.05) is 110 Å². The van der Waals surface area contributed by atoms with Crippen molar-refractivity contribution in [1.82, 2.24) is 36.5 Å². The molecule has 0 fully saturated rings. The first-order valence-corrected chi connectivity index (χ1v) is 49.9. The lowest BCUT2D eigenvalue weighted by atomic mass is 9.97. The summed E-state index contributed by atoms with van der Waals surface area (Å²) in [4.78, 5) is 57.3. The van der Waals surface area contributed by atoms with Crippen molar-refractivity contribution in [3.63, 3.8) is 0 Å². The molecule has 0 spiro atoms. The van der Waals surface area contributed by atoms with Crippen LogP contribution in [-0.2, 0) is 0 Å². The third-order valence-corrected chi connectivity index (χ3v) is 29.2. The Morgan fingerprint density at radius 3 is 0.784 bits per heavy atom. The van der Waals surface area contributed by atoms with Gasteiger partial charge in [0.2, 0.25) is 0 Å². The highest BCUT2D eigenvalue weighted by atomic mass is 16.1. The SMILES string of the molecule is O=c1c2c(ccc3c2c2ccccc2n3-c2ccccc2)c2ccccc2n1-c1ccccc1.O=c1c2c(ccc3c4ccccc4n(-c4ccccc4)c32)c2ccccc2n1-c1ccccc1.O=c1c2cc3c(cc2c2ccccc2n1-c1ccccc1)c1ccccc1n3-c1ccccc1.O=c1c2ccccc2c2cc3c(cc2n1-c1cc(-c2ccccc2)cc(-c2ccccc2)c1)c1ccccc1n3-c1ccccc1. The van der Waals surface area contributed by atoms with Gasteiger partial charge < -0.3 is 18.3 Å². The number of hydrogen-bond acceptors (Lipinski definition) is 4. The minimum Gasteiger partial charge on any atom is -0.309 e. The van der Waals surface area contributed by atoms with E-state index in [1.165, 1.54) is 5.39 Å². The summed E-state index contributed by atoms with van der Waals surface area (Å²) in [5, 5.41) is 19.9. The van der Waals surface area contributed by atoms with Crippen molar-refractivity contribution in [2.75, 3.05) is 0 Å². The molecule has 0 unspecified atom stereocenters. The van der Waals surface area contributed by atoms with E-state index in [0.717, 1.165) is 231 Å². The van der Waals surface area contributed by atoms with E-state index in [1.807, 2.05) is 261 Å². The number of fused-ring (bicyclic) bond motifs is 26. The molecule has 0 aliphatic carbocycles. The monoisotopic (exact) mass is 1900 g/mol. The average molecular weight is 1900 g/mol. The minimum atomic E-state index is -0.0292. The van der Waals surface area contributed by atoms with Crippen molar-refractivity contribution in [1.29, 1.82) is 0 Å². The van der Waals surface area contributed by atoms with Crippen LogP contribution in [0.25, 0.3) is 242 Å². The maximum absolute atomic E-state index is 14.6. The molecule has 12 heteroatoms. The van der Waals surface area contributed by atoms with E-state index < -0.39 is 0 Å². The molecule has 0 radical (unpaired) electrons. The van der Waals surface area contributed by atoms with Crippen molar-refractivity contribution in [3.05, 3.63) is 575 Å². The summed E-state index contributed by atoms with van der Waals surface area (Å²) < 4.78 is 16.5. The molecule has 30 aromatic rings. The van der Waals surface area contributed by atoms with Crippen molar-refractivity contribution < 1.29 is 0 Å². The molecule has 30 rings (SSSR count). The van der Waals surface area contributed by atoms with E-state index in [9.17, 15) is 19.2 Å². The molecule has 0 N–H and O–H groups in total. The summed E-state index contributed by atoms with van der Waals surface area (Å²) in [6, 6.07) is 182. The highest BCUT2D eigenvalue weighted by Gasteiger charge is 2.27. The zero-order chi connectivity index (χ0) is 98.6. The molecule has 148 heavy (non-hydrogen) atoms. The van der Waals surface area contributed by atoms with Crippen LogP contribution in [-0.4, -0.2) is 36.5 Å². The molecule has 0 amide bonds. The van der Waals surface area contributed by atoms with Gasteiger partial charge >= 0.3 is 0 Å². The fourth-order valence-electron chi connectivity index (χ4n) is 22.8. The maximum atomic E-state index is 14.6. The van der Waals surface area contributed by atoms with Gasteiger partial charge in [0.05, 0.1) is 88.0 Å². The largest absolute Gasteiger partial charge is 0.309 e. The van der Waals surface area contributed by atoms with E-state index >= 15 is 0 Å². The fourth-order valence-corrected chi connectivity index (χ4v) is 22.8. The molecule has 0 aliphatic rings. The third-order valence-electron chi connectivity index (χ3n) is 29.2. The highest BCUT2D eigenvalue weighted by molar-refractivity contribution is 6.27. The zero-order valence-electron chi connectivity index (χ0n) is 80.0. The van der Waals surface area contributed by atoms with Crippen molar-refractivity contribution in [3.8, 4) is 67.8 Å². The Hall–Kier alpha value is -20.1. The van der Waals surface area contributed by atoms with E-state index in [2.05, 4.69) is 309 Å². The highest BCUT2D eigenvalue weighted by Crippen LogP contribution is 2.45. The standard InChI is InChI=1S/C43H28N2O.3C31H20N2O/c46-43-37-22-11-10-20-35(37)38-27-41-39(36-21-12-13-23-40(36)44(41)33-18-8-3-9-19-33)28-42(38)45(43)34-25-31(29-14-4-1-5-15-29)24-32(26-34)30-16-6-2-7-17-30;34-31-27-20-30-26(24-16-8-9-17-28(24)32(30)21-11-3-1-4-12-21)19-25(27)23-15-7-10-18-29(23)33(31)22-13-5-2-6-14-22;34-31-29-25(23-15-7-10-18-28(23)33(31)22-13-5-2-6-14-22)19-20-26-24-16-8-9-17-27(24)32(30(26)29)21-11-3-1-4-12-21;34-31-30-24(23-15-7-9-17-26(23)33(31)22-13-5-2-6-14-22)19-20-28-29(30)25-16-8-10-18-27(25)32(28)21-11-3-1-4-12-21/h1-28H;3*1-20H. The van der Waals surface area contributed by atoms with Crippen molar-refractivity contribution in [2.45, 2.75) is 0 Å². The van der Waals surface area contributed by atoms with Crippen LogP contribution < -0.4 is 22.2 Å². The van der Waals surface area contributed by atoms with E-state index in [1.54, 1.807) is 0 Å². The first-order valence-electron chi connectivity index (χ1n) is 49.9. The molecule has 696 valence electrons. The lowest BCUT2D eigenvalue weighted by Gasteiger charge is -2.17. The Labute approximate surface area is 847 Å². The van der Waals surface area contributed by atoms with E-state index in [-0.39, 0.29) is 22.2 Å². The van der Waals surface area contributed by atoms with Gasteiger partial charge in [0.1, 0.15) is 0 Å².